The summed E-state index contributed by atoms with van der Waals surface area (Å²) in [4.78, 5) is 14.5. The molecule has 2 aromatic rings. The number of hydrogen-bond donors (Lipinski definition) is 1. The molecule has 0 bridgehead atoms. The maximum absolute atomic E-state index is 13.0. The Morgan fingerprint density at radius 2 is 2.09 bits per heavy atom. The molecule has 0 saturated carbocycles. The molecule has 1 heterocycles. The molecule has 0 spiro atoms. The molecule has 1 atom stereocenters. The van der Waals surface area contributed by atoms with Crippen molar-refractivity contribution in [1.82, 2.24) is 0 Å². The van der Waals surface area contributed by atoms with Gasteiger partial charge in [-0.3, -0.25) is 4.79 Å². The minimum atomic E-state index is -0.426. The van der Waals surface area contributed by atoms with Gasteiger partial charge in [0.05, 0.1) is 10.7 Å². The number of carbonyl (C=O) groups is 1. The molecule has 1 aliphatic rings. The number of rotatable bonds is 3. The van der Waals surface area contributed by atoms with Gasteiger partial charge in [0.15, 0.2) is 0 Å². The van der Waals surface area contributed by atoms with Crippen LogP contribution in [-0.4, -0.2) is 18.5 Å². The number of amides is 1. The van der Waals surface area contributed by atoms with Gasteiger partial charge in [0, 0.05) is 12.2 Å². The first kappa shape index (κ1) is 14.9. The van der Waals surface area contributed by atoms with Crippen molar-refractivity contribution in [1.29, 1.82) is 0 Å². The third-order valence-electron chi connectivity index (χ3n) is 3.96. The summed E-state index contributed by atoms with van der Waals surface area (Å²) in [7, 11) is 0. The summed E-state index contributed by atoms with van der Waals surface area (Å²) in [6.45, 7) is 2.67. The molecule has 22 heavy (non-hydrogen) atoms. The molecule has 3 nitrogen and oxygen atoms in total. The normalized spacial score (nSPS) is 14.6. The van der Waals surface area contributed by atoms with E-state index in [1.807, 2.05) is 25.1 Å². The molecule has 0 aliphatic carbocycles. The van der Waals surface area contributed by atoms with Crippen LogP contribution < -0.4 is 10.2 Å². The Hall–Kier alpha value is -2.07. The molecule has 1 aliphatic heterocycles. The predicted molar refractivity (Wildman–Crippen MR) is 87.0 cm³/mol. The van der Waals surface area contributed by atoms with Crippen molar-refractivity contribution >= 4 is 28.9 Å². The summed E-state index contributed by atoms with van der Waals surface area (Å²) in [6.07, 6.45) is 0.936. The molecule has 0 aromatic heterocycles. The third kappa shape index (κ3) is 2.79. The second-order valence-electron chi connectivity index (χ2n) is 5.36. The second kappa shape index (κ2) is 5.97. The van der Waals surface area contributed by atoms with Crippen molar-refractivity contribution in [3.63, 3.8) is 0 Å². The number of benzene rings is 2. The van der Waals surface area contributed by atoms with Gasteiger partial charge in [-0.25, -0.2) is 4.39 Å². The zero-order chi connectivity index (χ0) is 15.7. The number of hydrogen-bond acceptors (Lipinski definition) is 2. The van der Waals surface area contributed by atoms with Crippen molar-refractivity contribution in [2.24, 2.45) is 0 Å². The van der Waals surface area contributed by atoms with E-state index < -0.39 is 5.82 Å². The highest BCUT2D eigenvalue weighted by atomic mass is 35.5. The average Bonchev–Trinajstić information content (AvgIpc) is 2.93. The van der Waals surface area contributed by atoms with Crippen LogP contribution in [0.3, 0.4) is 0 Å². The van der Waals surface area contributed by atoms with Gasteiger partial charge >= 0.3 is 0 Å². The largest absolute Gasteiger partial charge is 0.359 e. The molecular formula is C17H16ClFN2O. The van der Waals surface area contributed by atoms with Gasteiger partial charge < -0.3 is 10.2 Å². The first-order valence-corrected chi connectivity index (χ1v) is 7.54. The summed E-state index contributed by atoms with van der Waals surface area (Å²) in [5.74, 6) is -0.588. The molecule has 0 fully saturated rings. The van der Waals surface area contributed by atoms with Crippen LogP contribution in [0.5, 0.6) is 0 Å². The van der Waals surface area contributed by atoms with Crippen molar-refractivity contribution in [2.45, 2.75) is 19.4 Å². The van der Waals surface area contributed by atoms with E-state index in [-0.39, 0.29) is 17.0 Å². The zero-order valence-electron chi connectivity index (χ0n) is 12.1. The van der Waals surface area contributed by atoms with E-state index in [2.05, 4.69) is 16.3 Å². The summed E-state index contributed by atoms with van der Waals surface area (Å²) in [5.41, 5.74) is 2.77. The predicted octanol–water partition coefficient (Wildman–Crippen LogP) is 3.87. The van der Waals surface area contributed by atoms with Gasteiger partial charge in [0.1, 0.15) is 11.9 Å². The minimum Gasteiger partial charge on any atom is -0.359 e. The fourth-order valence-electron chi connectivity index (χ4n) is 2.74. The second-order valence-corrected chi connectivity index (χ2v) is 5.77. The highest BCUT2D eigenvalue weighted by molar-refractivity contribution is 6.33. The number of nitrogens with zero attached hydrogens (tertiary/aromatic N) is 1. The van der Waals surface area contributed by atoms with E-state index in [4.69, 9.17) is 11.6 Å². The lowest BCUT2D eigenvalue weighted by atomic mass is 10.1. The average molecular weight is 319 g/mol. The molecule has 114 valence electrons. The van der Waals surface area contributed by atoms with Gasteiger partial charge in [0.25, 0.3) is 0 Å². The Labute approximate surface area is 133 Å². The van der Waals surface area contributed by atoms with Crippen LogP contribution in [-0.2, 0) is 11.2 Å². The Balaban J connectivity index is 1.76. The Bertz CT molecular complexity index is 720. The van der Waals surface area contributed by atoms with Crippen LogP contribution in [0.4, 0.5) is 15.8 Å². The molecule has 1 amide bonds. The molecular weight excluding hydrogens is 303 g/mol. The molecule has 1 unspecified atom stereocenters. The smallest absolute Gasteiger partial charge is 0.246 e. The number of nitrogens with one attached hydrogen (secondary N) is 1. The Kier molecular flexibility index (Phi) is 4.03. The molecule has 1 N–H and O–H groups in total. The maximum Gasteiger partial charge on any atom is 0.246 e. The molecule has 5 heteroatoms. The van der Waals surface area contributed by atoms with Crippen molar-refractivity contribution in [3.05, 3.63) is 58.9 Å². The monoisotopic (exact) mass is 318 g/mol. The van der Waals surface area contributed by atoms with Crippen molar-refractivity contribution < 1.29 is 9.18 Å². The van der Waals surface area contributed by atoms with E-state index in [0.29, 0.717) is 5.69 Å². The van der Waals surface area contributed by atoms with Crippen LogP contribution in [0.25, 0.3) is 0 Å². The fourth-order valence-corrected chi connectivity index (χ4v) is 2.95. The van der Waals surface area contributed by atoms with Gasteiger partial charge in [0.2, 0.25) is 5.91 Å². The van der Waals surface area contributed by atoms with Crippen molar-refractivity contribution in [2.75, 3.05) is 16.8 Å². The summed E-state index contributed by atoms with van der Waals surface area (Å²) in [6, 6.07) is 11.7. The molecule has 2 aromatic carbocycles. The Morgan fingerprint density at radius 1 is 1.32 bits per heavy atom. The van der Waals surface area contributed by atoms with Crippen LogP contribution in [0.15, 0.2) is 42.5 Å². The fraction of sp³-hybridized carbons (Fsp3) is 0.235. The van der Waals surface area contributed by atoms with Crippen molar-refractivity contribution in [3.8, 4) is 0 Å². The van der Waals surface area contributed by atoms with Gasteiger partial charge in [-0.1, -0.05) is 29.8 Å². The number of halogens is 2. The maximum atomic E-state index is 13.0. The summed E-state index contributed by atoms with van der Waals surface area (Å²) in [5, 5.41) is 2.96. The lowest BCUT2D eigenvalue weighted by Gasteiger charge is -2.26. The quantitative estimate of drug-likeness (QED) is 0.931. The summed E-state index contributed by atoms with van der Waals surface area (Å²) >= 11 is 5.95. The first-order chi connectivity index (χ1) is 10.6. The Morgan fingerprint density at radius 3 is 2.86 bits per heavy atom. The third-order valence-corrected chi connectivity index (χ3v) is 4.27. The standard InChI is InChI=1S/C17H16ClFN2O/c1-11(21-9-8-12-4-2-3-5-16(12)21)17(22)20-15-7-6-13(19)10-14(15)18/h2-7,10-11H,8-9H2,1H3,(H,20,22). The topological polar surface area (TPSA) is 32.3 Å². The number of para-hydroxylation sites is 1. The zero-order valence-corrected chi connectivity index (χ0v) is 12.9. The van der Waals surface area contributed by atoms with Crippen LogP contribution in [0.2, 0.25) is 5.02 Å². The minimum absolute atomic E-state index is 0.162. The lowest BCUT2D eigenvalue weighted by Crippen LogP contribution is -2.41. The van der Waals surface area contributed by atoms with E-state index in [9.17, 15) is 9.18 Å². The van der Waals surface area contributed by atoms with E-state index in [1.54, 1.807) is 0 Å². The number of carbonyl (C=O) groups excluding carboxylic acids is 1. The van der Waals surface area contributed by atoms with E-state index in [0.717, 1.165) is 18.7 Å². The van der Waals surface area contributed by atoms with Gasteiger partial charge in [-0.15, -0.1) is 0 Å². The van der Waals surface area contributed by atoms with Crippen LogP contribution >= 0.6 is 11.6 Å². The molecule has 0 radical (unpaired) electrons. The van der Waals surface area contributed by atoms with Crippen LogP contribution in [0.1, 0.15) is 12.5 Å². The first-order valence-electron chi connectivity index (χ1n) is 7.17. The van der Waals surface area contributed by atoms with E-state index >= 15 is 0 Å². The van der Waals surface area contributed by atoms with Gasteiger partial charge in [-0.05, 0) is 43.2 Å². The number of anilines is 2. The van der Waals surface area contributed by atoms with Gasteiger partial charge in [-0.2, -0.15) is 0 Å². The molecule has 3 rings (SSSR count). The highest BCUT2D eigenvalue weighted by Crippen LogP contribution is 2.30. The number of fused-ring (bicyclic) bond motifs is 1. The summed E-state index contributed by atoms with van der Waals surface area (Å²) < 4.78 is 13.0. The highest BCUT2D eigenvalue weighted by Gasteiger charge is 2.27. The molecule has 0 saturated heterocycles. The van der Waals surface area contributed by atoms with E-state index in [1.165, 1.54) is 23.8 Å². The SMILES string of the molecule is CC(C(=O)Nc1ccc(F)cc1Cl)N1CCc2ccccc21. The van der Waals surface area contributed by atoms with Crippen LogP contribution in [0, 0.1) is 5.82 Å². The lowest BCUT2D eigenvalue weighted by molar-refractivity contribution is -0.117.